The number of aliphatic carboxylic acids is 1. The Hall–Kier alpha value is -2.40. The van der Waals surface area contributed by atoms with Gasteiger partial charge in [-0.2, -0.15) is 0 Å². The van der Waals surface area contributed by atoms with Gasteiger partial charge in [-0.15, -0.1) is 0 Å². The highest BCUT2D eigenvalue weighted by atomic mass is 16.4. The van der Waals surface area contributed by atoms with E-state index in [0.29, 0.717) is 6.54 Å². The summed E-state index contributed by atoms with van der Waals surface area (Å²) >= 11 is 0. The monoisotopic (exact) mass is 325 g/mol. The number of hydrogen-bond acceptors (Lipinski definition) is 4. The van der Waals surface area contributed by atoms with Crippen molar-refractivity contribution < 1.29 is 9.90 Å². The lowest BCUT2D eigenvalue weighted by molar-refractivity contribution is -0.138. The molecule has 2 aromatic rings. The van der Waals surface area contributed by atoms with E-state index in [4.69, 9.17) is 0 Å². The summed E-state index contributed by atoms with van der Waals surface area (Å²) in [6.45, 7) is 1.50. The first-order valence-electron chi connectivity index (χ1n) is 8.18. The number of rotatable bonds is 5. The lowest BCUT2D eigenvalue weighted by Crippen LogP contribution is -2.41. The van der Waals surface area contributed by atoms with Crippen molar-refractivity contribution in [1.82, 2.24) is 9.88 Å². The van der Waals surface area contributed by atoms with Crippen LogP contribution in [0.2, 0.25) is 0 Å². The van der Waals surface area contributed by atoms with E-state index >= 15 is 0 Å². The lowest BCUT2D eigenvalue weighted by Gasteiger charge is -2.36. The second-order valence-corrected chi connectivity index (χ2v) is 6.55. The molecular formula is C19H23N3O2. The van der Waals surface area contributed by atoms with E-state index in [-0.39, 0.29) is 12.5 Å². The summed E-state index contributed by atoms with van der Waals surface area (Å²) in [6, 6.07) is 12.4. The third-order valence-corrected chi connectivity index (χ3v) is 4.53. The molecular weight excluding hydrogens is 302 g/mol. The largest absolute Gasteiger partial charge is 0.481 e. The second kappa shape index (κ2) is 7.01. The van der Waals surface area contributed by atoms with Gasteiger partial charge >= 0.3 is 5.97 Å². The molecule has 0 unspecified atom stereocenters. The molecule has 2 heterocycles. The van der Waals surface area contributed by atoms with Gasteiger partial charge in [0.05, 0.1) is 6.42 Å². The third-order valence-electron chi connectivity index (χ3n) is 4.53. The Bertz CT molecular complexity index is 713. The van der Waals surface area contributed by atoms with Gasteiger partial charge in [-0.05, 0) is 29.2 Å². The number of pyridine rings is 1. The van der Waals surface area contributed by atoms with Gasteiger partial charge in [-0.1, -0.05) is 30.3 Å². The molecule has 0 saturated heterocycles. The van der Waals surface area contributed by atoms with Crippen LogP contribution >= 0.6 is 0 Å². The first-order chi connectivity index (χ1) is 11.5. The summed E-state index contributed by atoms with van der Waals surface area (Å²) in [6.07, 6.45) is 2.83. The van der Waals surface area contributed by atoms with Crippen molar-refractivity contribution in [2.45, 2.75) is 32.0 Å². The Balaban J connectivity index is 1.79. The van der Waals surface area contributed by atoms with E-state index < -0.39 is 5.97 Å². The van der Waals surface area contributed by atoms with Crippen LogP contribution in [-0.2, 0) is 24.3 Å². The minimum atomic E-state index is -0.745. The van der Waals surface area contributed by atoms with Crippen LogP contribution in [0, 0.1) is 0 Å². The van der Waals surface area contributed by atoms with Gasteiger partial charge in [0.15, 0.2) is 0 Å². The number of benzene rings is 1. The summed E-state index contributed by atoms with van der Waals surface area (Å²) in [5, 5.41) is 9.25. The maximum absolute atomic E-state index is 11.3. The van der Waals surface area contributed by atoms with Crippen LogP contribution in [0.3, 0.4) is 0 Å². The molecule has 0 fully saturated rings. The molecule has 0 aliphatic carbocycles. The molecule has 126 valence electrons. The molecule has 5 nitrogen and oxygen atoms in total. The minimum absolute atomic E-state index is 0.0194. The fraction of sp³-hybridized carbons (Fsp3) is 0.368. The number of hydrogen-bond donors (Lipinski definition) is 1. The Morgan fingerprint density at radius 1 is 1.25 bits per heavy atom. The zero-order valence-electron chi connectivity index (χ0n) is 14.1. The van der Waals surface area contributed by atoms with Crippen molar-refractivity contribution in [2.75, 3.05) is 19.0 Å². The maximum atomic E-state index is 11.3. The molecule has 0 saturated carbocycles. The molecule has 1 aliphatic rings. The Morgan fingerprint density at radius 3 is 2.62 bits per heavy atom. The van der Waals surface area contributed by atoms with Gasteiger partial charge in [-0.25, -0.2) is 4.98 Å². The number of fused-ring (bicyclic) bond motifs is 1. The van der Waals surface area contributed by atoms with Gasteiger partial charge in [0.1, 0.15) is 5.82 Å². The van der Waals surface area contributed by atoms with Crippen LogP contribution in [0.4, 0.5) is 5.82 Å². The normalized spacial score (nSPS) is 17.3. The molecule has 1 aromatic carbocycles. The van der Waals surface area contributed by atoms with Crippen LogP contribution in [-0.4, -0.2) is 41.1 Å². The summed E-state index contributed by atoms with van der Waals surface area (Å²) in [5.41, 5.74) is 3.66. The first-order valence-corrected chi connectivity index (χ1v) is 8.18. The first kappa shape index (κ1) is 16.5. The maximum Gasteiger partial charge on any atom is 0.304 e. The highest BCUT2D eigenvalue weighted by Crippen LogP contribution is 2.26. The Kier molecular flexibility index (Phi) is 4.81. The van der Waals surface area contributed by atoms with E-state index in [1.165, 1.54) is 11.1 Å². The Morgan fingerprint density at radius 2 is 2.00 bits per heavy atom. The van der Waals surface area contributed by atoms with E-state index in [1.807, 2.05) is 43.4 Å². The molecule has 0 bridgehead atoms. The summed E-state index contributed by atoms with van der Waals surface area (Å²) in [4.78, 5) is 19.9. The number of aromatic nitrogens is 1. The molecule has 3 rings (SSSR count). The van der Waals surface area contributed by atoms with Crippen LogP contribution in [0.5, 0.6) is 0 Å². The quantitative estimate of drug-likeness (QED) is 0.915. The van der Waals surface area contributed by atoms with Crippen LogP contribution < -0.4 is 4.90 Å². The van der Waals surface area contributed by atoms with Crippen LogP contribution in [0.1, 0.15) is 23.1 Å². The Labute approximate surface area is 142 Å². The molecule has 1 atom stereocenters. The highest BCUT2D eigenvalue weighted by molar-refractivity contribution is 5.67. The highest BCUT2D eigenvalue weighted by Gasteiger charge is 2.27. The van der Waals surface area contributed by atoms with E-state index in [9.17, 15) is 9.90 Å². The number of carboxylic acids is 1. The standard InChI is InChI=1S/C19H23N3O2/c1-21(2)18-8-7-14(11-20-18)12-22-13-16-6-4-3-5-15(16)9-17(22)10-19(23)24/h3-8,11,17H,9-10,12-13H2,1-2H3,(H,23,24)/t17-/m0/s1. The molecule has 1 aromatic heterocycles. The molecule has 0 spiro atoms. The summed E-state index contributed by atoms with van der Waals surface area (Å²) in [7, 11) is 3.93. The SMILES string of the molecule is CN(C)c1ccc(CN2Cc3ccccc3C[C@H]2CC(=O)O)cn1. The topological polar surface area (TPSA) is 56.7 Å². The molecule has 24 heavy (non-hydrogen) atoms. The minimum Gasteiger partial charge on any atom is -0.481 e. The lowest BCUT2D eigenvalue weighted by atomic mass is 9.92. The summed E-state index contributed by atoms with van der Waals surface area (Å²) < 4.78 is 0. The average molecular weight is 325 g/mol. The number of anilines is 1. The predicted octanol–water partition coefficient (Wildman–Crippen LogP) is 2.55. The fourth-order valence-electron chi connectivity index (χ4n) is 3.24. The predicted molar refractivity (Wildman–Crippen MR) is 94.0 cm³/mol. The van der Waals surface area contributed by atoms with Gasteiger partial charge in [-0.3, -0.25) is 9.69 Å². The third kappa shape index (κ3) is 3.74. The van der Waals surface area contributed by atoms with Crippen LogP contribution in [0.15, 0.2) is 42.6 Å². The van der Waals surface area contributed by atoms with Crippen LogP contribution in [0.25, 0.3) is 0 Å². The zero-order valence-corrected chi connectivity index (χ0v) is 14.1. The molecule has 1 aliphatic heterocycles. The average Bonchev–Trinajstić information content (AvgIpc) is 2.55. The van der Waals surface area contributed by atoms with Gasteiger partial charge in [0, 0.05) is 39.4 Å². The smallest absolute Gasteiger partial charge is 0.304 e. The van der Waals surface area contributed by atoms with Crippen molar-refractivity contribution in [2.24, 2.45) is 0 Å². The molecule has 0 amide bonds. The van der Waals surface area contributed by atoms with Crippen molar-refractivity contribution in [3.8, 4) is 0 Å². The van der Waals surface area contributed by atoms with E-state index in [0.717, 1.165) is 24.3 Å². The van der Waals surface area contributed by atoms with E-state index in [1.54, 1.807) is 0 Å². The fourth-order valence-corrected chi connectivity index (χ4v) is 3.24. The van der Waals surface area contributed by atoms with Crippen molar-refractivity contribution in [3.63, 3.8) is 0 Å². The second-order valence-electron chi connectivity index (χ2n) is 6.55. The molecule has 0 radical (unpaired) electrons. The van der Waals surface area contributed by atoms with Crippen molar-refractivity contribution >= 4 is 11.8 Å². The van der Waals surface area contributed by atoms with E-state index in [2.05, 4.69) is 28.1 Å². The van der Waals surface area contributed by atoms with Crippen molar-refractivity contribution in [1.29, 1.82) is 0 Å². The van der Waals surface area contributed by atoms with Gasteiger partial charge in [0.2, 0.25) is 0 Å². The van der Waals surface area contributed by atoms with Crippen molar-refractivity contribution in [3.05, 3.63) is 59.3 Å². The summed E-state index contributed by atoms with van der Waals surface area (Å²) in [5.74, 6) is 0.176. The zero-order chi connectivity index (χ0) is 17.1. The number of nitrogens with zero attached hydrogens (tertiary/aromatic N) is 3. The molecule has 5 heteroatoms. The van der Waals surface area contributed by atoms with Gasteiger partial charge in [0.25, 0.3) is 0 Å². The number of carboxylic acid groups (broad SMARTS) is 1. The molecule has 1 N–H and O–H groups in total. The van der Waals surface area contributed by atoms with Gasteiger partial charge < -0.3 is 10.0 Å². The number of carbonyl (C=O) groups is 1.